The first-order valence-electron chi connectivity index (χ1n) is 10.1. The van der Waals surface area contributed by atoms with Crippen LogP contribution in [0.25, 0.3) is 0 Å². The number of nitrogens with one attached hydrogen (secondary N) is 1. The maximum Gasteiger partial charge on any atom is 0.251 e. The van der Waals surface area contributed by atoms with Crippen LogP contribution in [0.3, 0.4) is 0 Å². The Morgan fingerprint density at radius 2 is 1.80 bits per heavy atom. The van der Waals surface area contributed by atoms with Gasteiger partial charge in [-0.2, -0.15) is 0 Å². The number of ether oxygens (including phenoxy) is 1. The Labute approximate surface area is 152 Å². The van der Waals surface area contributed by atoms with Crippen LogP contribution in [-0.2, 0) is 0 Å². The van der Waals surface area contributed by atoms with E-state index in [0.29, 0.717) is 17.3 Å². The van der Waals surface area contributed by atoms with E-state index in [0.717, 1.165) is 24.5 Å². The zero-order valence-corrected chi connectivity index (χ0v) is 15.9. The van der Waals surface area contributed by atoms with Crippen LogP contribution in [-0.4, -0.2) is 19.1 Å². The second kappa shape index (κ2) is 8.25. The number of benzene rings is 1. The molecule has 0 spiro atoms. The van der Waals surface area contributed by atoms with Crippen LogP contribution in [0.1, 0.15) is 75.6 Å². The summed E-state index contributed by atoms with van der Waals surface area (Å²) < 4.78 is 5.92. The molecule has 0 bridgehead atoms. The fourth-order valence-corrected chi connectivity index (χ4v) is 4.37. The first-order valence-corrected chi connectivity index (χ1v) is 10.1. The molecule has 138 valence electrons. The van der Waals surface area contributed by atoms with Crippen molar-refractivity contribution in [1.82, 2.24) is 5.32 Å². The summed E-state index contributed by atoms with van der Waals surface area (Å²) in [5, 5.41) is 3.12. The quantitative estimate of drug-likeness (QED) is 0.771. The molecule has 25 heavy (non-hydrogen) atoms. The summed E-state index contributed by atoms with van der Waals surface area (Å²) in [5.74, 6) is 2.20. The normalized spacial score (nSPS) is 23.4. The van der Waals surface area contributed by atoms with E-state index in [1.54, 1.807) is 0 Å². The Morgan fingerprint density at radius 1 is 1.08 bits per heavy atom. The molecule has 3 rings (SSSR count). The monoisotopic (exact) mass is 343 g/mol. The average molecular weight is 344 g/mol. The first-order chi connectivity index (χ1) is 12.0. The molecule has 1 N–H and O–H groups in total. The Bertz CT molecular complexity index is 558. The van der Waals surface area contributed by atoms with Gasteiger partial charge in [-0.25, -0.2) is 0 Å². The minimum Gasteiger partial charge on any atom is -0.493 e. The van der Waals surface area contributed by atoms with Gasteiger partial charge in [-0.15, -0.1) is 0 Å². The third kappa shape index (κ3) is 4.99. The van der Waals surface area contributed by atoms with E-state index in [4.69, 9.17) is 4.74 Å². The molecule has 3 nitrogen and oxygen atoms in total. The van der Waals surface area contributed by atoms with Gasteiger partial charge in [0.2, 0.25) is 0 Å². The van der Waals surface area contributed by atoms with Gasteiger partial charge in [-0.1, -0.05) is 39.5 Å². The van der Waals surface area contributed by atoms with Crippen LogP contribution in [0.15, 0.2) is 24.3 Å². The maximum atomic E-state index is 12.4. The molecular weight excluding hydrogens is 310 g/mol. The van der Waals surface area contributed by atoms with Gasteiger partial charge in [0.15, 0.2) is 0 Å². The number of hydrogen-bond acceptors (Lipinski definition) is 2. The highest BCUT2D eigenvalue weighted by Crippen LogP contribution is 2.42. The molecule has 0 saturated heterocycles. The summed E-state index contributed by atoms with van der Waals surface area (Å²) in [5.41, 5.74) is 1.07. The smallest absolute Gasteiger partial charge is 0.251 e. The van der Waals surface area contributed by atoms with Crippen molar-refractivity contribution in [2.75, 3.05) is 13.2 Å². The summed E-state index contributed by atoms with van der Waals surface area (Å²) in [6.07, 6.45) is 10.4. The molecule has 1 aromatic rings. The number of hydrogen-bond donors (Lipinski definition) is 1. The van der Waals surface area contributed by atoms with E-state index >= 15 is 0 Å². The Hall–Kier alpha value is -1.51. The minimum atomic E-state index is 0.0292. The van der Waals surface area contributed by atoms with Gasteiger partial charge in [0, 0.05) is 12.1 Å². The van der Waals surface area contributed by atoms with E-state index in [1.165, 1.54) is 51.4 Å². The second-order valence-electron chi connectivity index (χ2n) is 8.63. The van der Waals surface area contributed by atoms with Crippen LogP contribution in [0.2, 0.25) is 0 Å². The summed E-state index contributed by atoms with van der Waals surface area (Å²) in [6.45, 7) is 6.22. The SMILES string of the molecule is CC1(C)CCCC1CNC(=O)c1ccc(OCC2CCCCC2)cc1. The molecule has 0 aromatic heterocycles. The van der Waals surface area contributed by atoms with E-state index in [2.05, 4.69) is 19.2 Å². The Balaban J connectivity index is 1.45. The molecule has 1 amide bonds. The lowest BCUT2D eigenvalue weighted by molar-refractivity contribution is 0.0937. The Morgan fingerprint density at radius 3 is 2.44 bits per heavy atom. The number of rotatable bonds is 6. The van der Waals surface area contributed by atoms with Crippen molar-refractivity contribution >= 4 is 5.91 Å². The highest BCUT2D eigenvalue weighted by molar-refractivity contribution is 5.94. The highest BCUT2D eigenvalue weighted by Gasteiger charge is 2.34. The molecule has 1 aromatic carbocycles. The largest absolute Gasteiger partial charge is 0.493 e. The molecule has 0 radical (unpaired) electrons. The van der Waals surface area contributed by atoms with E-state index in [1.807, 2.05) is 24.3 Å². The van der Waals surface area contributed by atoms with Crippen molar-refractivity contribution in [2.45, 2.75) is 65.2 Å². The summed E-state index contributed by atoms with van der Waals surface area (Å²) in [4.78, 5) is 12.4. The standard InChI is InChI=1S/C22H33NO2/c1-22(2)14-6-9-19(22)15-23-21(24)18-10-12-20(13-11-18)25-16-17-7-4-3-5-8-17/h10-13,17,19H,3-9,14-16H2,1-2H3,(H,23,24). The molecule has 1 unspecified atom stereocenters. The van der Waals surface area contributed by atoms with Crippen LogP contribution < -0.4 is 10.1 Å². The van der Waals surface area contributed by atoms with Gasteiger partial charge >= 0.3 is 0 Å². The van der Waals surface area contributed by atoms with Crippen LogP contribution in [0, 0.1) is 17.3 Å². The molecule has 3 heteroatoms. The minimum absolute atomic E-state index is 0.0292. The molecule has 1 atom stereocenters. The number of carbonyl (C=O) groups is 1. The summed E-state index contributed by atoms with van der Waals surface area (Å²) >= 11 is 0. The predicted octanol–water partition coefficient (Wildman–Crippen LogP) is 5.20. The van der Waals surface area contributed by atoms with Gasteiger partial charge in [0.1, 0.15) is 5.75 Å². The predicted molar refractivity (Wildman–Crippen MR) is 102 cm³/mol. The molecule has 0 aliphatic heterocycles. The average Bonchev–Trinajstić information content (AvgIpc) is 2.97. The number of carbonyl (C=O) groups excluding carboxylic acids is 1. The van der Waals surface area contributed by atoms with E-state index in [9.17, 15) is 4.79 Å². The van der Waals surface area contributed by atoms with E-state index < -0.39 is 0 Å². The summed E-state index contributed by atoms with van der Waals surface area (Å²) in [6, 6.07) is 7.62. The van der Waals surface area contributed by atoms with Crippen LogP contribution in [0.4, 0.5) is 0 Å². The van der Waals surface area contributed by atoms with Gasteiger partial charge in [-0.3, -0.25) is 4.79 Å². The summed E-state index contributed by atoms with van der Waals surface area (Å²) in [7, 11) is 0. The van der Waals surface area contributed by atoms with Crippen molar-refractivity contribution in [1.29, 1.82) is 0 Å². The lowest BCUT2D eigenvalue weighted by atomic mass is 9.82. The molecular formula is C22H33NO2. The van der Waals surface area contributed by atoms with Crippen molar-refractivity contribution in [3.8, 4) is 5.75 Å². The van der Waals surface area contributed by atoms with Gasteiger partial charge in [0.05, 0.1) is 6.61 Å². The van der Waals surface area contributed by atoms with Gasteiger partial charge in [-0.05, 0) is 67.2 Å². The first kappa shape index (κ1) is 18.3. The van der Waals surface area contributed by atoms with Crippen molar-refractivity contribution in [2.24, 2.45) is 17.3 Å². The fraction of sp³-hybridized carbons (Fsp3) is 0.682. The molecule has 2 fully saturated rings. The number of amides is 1. The third-order valence-corrected chi connectivity index (χ3v) is 6.31. The van der Waals surface area contributed by atoms with Gasteiger partial charge < -0.3 is 10.1 Å². The fourth-order valence-electron chi connectivity index (χ4n) is 4.37. The molecule has 2 aliphatic rings. The molecule has 2 saturated carbocycles. The lowest BCUT2D eigenvalue weighted by Crippen LogP contribution is -2.33. The third-order valence-electron chi connectivity index (χ3n) is 6.31. The van der Waals surface area contributed by atoms with Crippen LogP contribution in [0.5, 0.6) is 5.75 Å². The zero-order chi connectivity index (χ0) is 17.7. The molecule has 2 aliphatic carbocycles. The van der Waals surface area contributed by atoms with Crippen LogP contribution >= 0.6 is 0 Å². The second-order valence-corrected chi connectivity index (χ2v) is 8.63. The van der Waals surface area contributed by atoms with Gasteiger partial charge in [0.25, 0.3) is 5.91 Å². The van der Waals surface area contributed by atoms with Crippen molar-refractivity contribution in [3.05, 3.63) is 29.8 Å². The maximum absolute atomic E-state index is 12.4. The topological polar surface area (TPSA) is 38.3 Å². The van der Waals surface area contributed by atoms with Crippen molar-refractivity contribution in [3.63, 3.8) is 0 Å². The van der Waals surface area contributed by atoms with Crippen molar-refractivity contribution < 1.29 is 9.53 Å². The van der Waals surface area contributed by atoms with E-state index in [-0.39, 0.29) is 5.91 Å². The lowest BCUT2D eigenvalue weighted by Gasteiger charge is -2.27. The molecule has 0 heterocycles. The highest BCUT2D eigenvalue weighted by atomic mass is 16.5. The zero-order valence-electron chi connectivity index (χ0n) is 15.9. The Kier molecular flexibility index (Phi) is 6.03.